The zero-order chi connectivity index (χ0) is 17.7. The summed E-state index contributed by atoms with van der Waals surface area (Å²) in [6.45, 7) is 6.41. The van der Waals surface area contributed by atoms with Gasteiger partial charge in [0.1, 0.15) is 10.5 Å². The van der Waals surface area contributed by atoms with Crippen LogP contribution < -0.4 is 21.5 Å². The first-order valence-corrected chi connectivity index (χ1v) is 8.67. The third kappa shape index (κ3) is 7.20. The lowest BCUT2D eigenvalue weighted by molar-refractivity contribution is 0.0528. The second kappa shape index (κ2) is 7.51. The molecule has 1 aromatic rings. The van der Waals surface area contributed by atoms with Crippen molar-refractivity contribution in [3.63, 3.8) is 0 Å². The quantitative estimate of drug-likeness (QED) is 0.453. The van der Waals surface area contributed by atoms with E-state index in [-0.39, 0.29) is 10.6 Å². The van der Waals surface area contributed by atoms with Crippen LogP contribution in [0.1, 0.15) is 27.2 Å². The van der Waals surface area contributed by atoms with E-state index in [1.165, 1.54) is 12.1 Å². The van der Waals surface area contributed by atoms with Crippen molar-refractivity contribution >= 4 is 27.5 Å². The molecule has 0 spiro atoms. The fraction of sp³-hybridized carbons (Fsp3) is 0.500. The molecule has 0 aliphatic carbocycles. The third-order valence-electron chi connectivity index (χ3n) is 2.67. The van der Waals surface area contributed by atoms with Gasteiger partial charge in [-0.05, 0) is 45.4 Å². The summed E-state index contributed by atoms with van der Waals surface area (Å²) < 4.78 is 27.6. The van der Waals surface area contributed by atoms with Crippen LogP contribution in [0.4, 0.5) is 16.2 Å². The van der Waals surface area contributed by atoms with Crippen molar-refractivity contribution < 1.29 is 17.9 Å². The summed E-state index contributed by atoms with van der Waals surface area (Å²) in [5.41, 5.74) is 5.90. The molecule has 1 rings (SSSR count). The smallest absolute Gasteiger partial charge is 0.407 e. The number of primary sulfonamides is 1. The lowest BCUT2D eigenvalue weighted by Gasteiger charge is -2.19. The summed E-state index contributed by atoms with van der Waals surface area (Å²) >= 11 is 0. The summed E-state index contributed by atoms with van der Waals surface area (Å²) in [5.74, 6) is 0. The minimum atomic E-state index is -3.82. The van der Waals surface area contributed by atoms with Crippen molar-refractivity contribution in [2.45, 2.75) is 37.7 Å². The predicted octanol–water partition coefficient (Wildman–Crippen LogP) is 1.24. The van der Waals surface area contributed by atoms with Gasteiger partial charge >= 0.3 is 6.09 Å². The summed E-state index contributed by atoms with van der Waals surface area (Å²) in [5, 5.41) is 10.8. The highest BCUT2D eigenvalue weighted by Crippen LogP contribution is 2.21. The number of ether oxygens (including phenoxy) is 1. The molecule has 6 N–H and O–H groups in total. The highest BCUT2D eigenvalue weighted by atomic mass is 32.2. The Hall–Kier alpha value is -2.00. The van der Waals surface area contributed by atoms with Crippen LogP contribution >= 0.6 is 0 Å². The van der Waals surface area contributed by atoms with Gasteiger partial charge in [0, 0.05) is 18.8 Å². The molecule has 8 nitrogen and oxygen atoms in total. The molecule has 0 bridgehead atoms. The summed E-state index contributed by atoms with van der Waals surface area (Å²) in [7, 11) is -3.82. The van der Waals surface area contributed by atoms with Crippen LogP contribution in [0.3, 0.4) is 0 Å². The Morgan fingerprint density at radius 1 is 1.26 bits per heavy atom. The second-order valence-corrected chi connectivity index (χ2v) is 7.54. The zero-order valence-electron chi connectivity index (χ0n) is 13.5. The Kier molecular flexibility index (Phi) is 6.22. The Morgan fingerprint density at radius 2 is 1.91 bits per heavy atom. The van der Waals surface area contributed by atoms with Crippen LogP contribution in [0.2, 0.25) is 0 Å². The van der Waals surface area contributed by atoms with Crippen molar-refractivity contribution in [3.8, 4) is 0 Å². The van der Waals surface area contributed by atoms with Gasteiger partial charge in [-0.2, -0.15) is 0 Å². The van der Waals surface area contributed by atoms with E-state index in [2.05, 4.69) is 10.6 Å². The maximum atomic E-state index is 11.4. The topological polar surface area (TPSA) is 137 Å². The SMILES string of the molecule is CC(C)(C)OC(=O)NCCCNc1ccc(S(N)(=O)=O)c(N)c1. The normalized spacial score (nSPS) is 11.8. The van der Waals surface area contributed by atoms with Crippen molar-refractivity contribution in [1.29, 1.82) is 0 Å². The Labute approximate surface area is 136 Å². The van der Waals surface area contributed by atoms with E-state index in [1.807, 2.05) is 0 Å². The van der Waals surface area contributed by atoms with E-state index in [9.17, 15) is 13.2 Å². The Bertz CT molecular complexity index is 653. The molecule has 0 atom stereocenters. The lowest BCUT2D eigenvalue weighted by atomic mass is 10.2. The minimum Gasteiger partial charge on any atom is -0.444 e. The van der Waals surface area contributed by atoms with Gasteiger partial charge in [0.25, 0.3) is 0 Å². The zero-order valence-corrected chi connectivity index (χ0v) is 14.4. The van der Waals surface area contributed by atoms with Crippen molar-refractivity contribution in [2.75, 3.05) is 24.1 Å². The van der Waals surface area contributed by atoms with E-state index in [4.69, 9.17) is 15.6 Å². The van der Waals surface area contributed by atoms with Gasteiger partial charge in [0.15, 0.2) is 0 Å². The molecule has 9 heteroatoms. The molecule has 23 heavy (non-hydrogen) atoms. The van der Waals surface area contributed by atoms with Gasteiger partial charge in [0.2, 0.25) is 10.0 Å². The number of carbonyl (C=O) groups excluding carboxylic acids is 1. The minimum absolute atomic E-state index is 0.0874. The monoisotopic (exact) mass is 344 g/mol. The average molecular weight is 344 g/mol. The number of sulfonamides is 1. The van der Waals surface area contributed by atoms with Gasteiger partial charge < -0.3 is 21.1 Å². The van der Waals surface area contributed by atoms with Crippen molar-refractivity contribution in [2.24, 2.45) is 5.14 Å². The molecule has 0 fully saturated rings. The molecule has 0 saturated heterocycles. The number of anilines is 2. The standard InChI is InChI=1S/C14H24N4O4S/c1-14(2,3)22-13(19)18-8-4-7-17-10-5-6-12(11(15)9-10)23(16,20)21/h5-6,9,17H,4,7-8,15H2,1-3H3,(H,18,19)(H2,16,20,21). The van der Waals surface area contributed by atoms with Gasteiger partial charge in [-0.1, -0.05) is 0 Å². The molecule has 0 aliphatic rings. The molecule has 0 aromatic heterocycles. The maximum Gasteiger partial charge on any atom is 0.407 e. The lowest BCUT2D eigenvalue weighted by Crippen LogP contribution is -2.33. The number of benzene rings is 1. The van der Waals surface area contributed by atoms with Gasteiger partial charge in [-0.25, -0.2) is 18.4 Å². The van der Waals surface area contributed by atoms with Crippen molar-refractivity contribution in [3.05, 3.63) is 18.2 Å². The van der Waals surface area contributed by atoms with Crippen LogP contribution in [0.15, 0.2) is 23.1 Å². The van der Waals surface area contributed by atoms with Crippen LogP contribution in [0.5, 0.6) is 0 Å². The van der Waals surface area contributed by atoms with E-state index in [0.29, 0.717) is 25.2 Å². The predicted molar refractivity (Wildman–Crippen MR) is 89.6 cm³/mol. The molecular formula is C14H24N4O4S. The summed E-state index contributed by atoms with van der Waals surface area (Å²) in [6, 6.07) is 4.43. The summed E-state index contributed by atoms with van der Waals surface area (Å²) in [6.07, 6.45) is 0.204. The fourth-order valence-corrected chi connectivity index (χ4v) is 2.39. The third-order valence-corrected chi connectivity index (χ3v) is 3.65. The van der Waals surface area contributed by atoms with Gasteiger partial charge in [-0.3, -0.25) is 0 Å². The molecule has 1 amide bonds. The number of hydrogen-bond acceptors (Lipinski definition) is 6. The van der Waals surface area contributed by atoms with E-state index in [1.54, 1.807) is 26.8 Å². The molecule has 0 aliphatic heterocycles. The van der Waals surface area contributed by atoms with Gasteiger partial charge in [-0.15, -0.1) is 0 Å². The second-order valence-electron chi connectivity index (χ2n) is 6.01. The Balaban J connectivity index is 2.37. The van der Waals surface area contributed by atoms with Crippen LogP contribution in [0, 0.1) is 0 Å². The van der Waals surface area contributed by atoms with E-state index >= 15 is 0 Å². The first-order chi connectivity index (χ1) is 10.5. The number of alkyl carbamates (subject to hydrolysis) is 1. The highest BCUT2D eigenvalue weighted by Gasteiger charge is 2.15. The first-order valence-electron chi connectivity index (χ1n) is 7.12. The highest BCUT2D eigenvalue weighted by molar-refractivity contribution is 7.89. The number of carbonyl (C=O) groups is 1. The largest absolute Gasteiger partial charge is 0.444 e. The maximum absolute atomic E-state index is 11.4. The summed E-state index contributed by atoms with van der Waals surface area (Å²) in [4.78, 5) is 11.3. The Morgan fingerprint density at radius 3 is 2.43 bits per heavy atom. The fourth-order valence-electron chi connectivity index (χ4n) is 1.74. The van der Waals surface area contributed by atoms with Crippen LogP contribution in [0.25, 0.3) is 0 Å². The molecular weight excluding hydrogens is 320 g/mol. The van der Waals surface area contributed by atoms with Crippen LogP contribution in [-0.4, -0.2) is 33.2 Å². The molecule has 130 valence electrons. The molecule has 0 heterocycles. The first kappa shape index (κ1) is 19.0. The number of nitrogens with two attached hydrogens (primary N) is 2. The van der Waals surface area contributed by atoms with Gasteiger partial charge in [0.05, 0.1) is 5.69 Å². The van der Waals surface area contributed by atoms with Crippen LogP contribution in [-0.2, 0) is 14.8 Å². The molecule has 1 aromatic carbocycles. The number of amides is 1. The molecule has 0 radical (unpaired) electrons. The average Bonchev–Trinajstić information content (AvgIpc) is 2.34. The molecule has 0 unspecified atom stereocenters. The van der Waals surface area contributed by atoms with E-state index < -0.39 is 21.7 Å². The molecule has 0 saturated carbocycles. The number of hydrogen-bond donors (Lipinski definition) is 4. The number of nitrogen functional groups attached to an aromatic ring is 1. The van der Waals surface area contributed by atoms with E-state index in [0.717, 1.165) is 0 Å². The van der Waals surface area contributed by atoms with Crippen molar-refractivity contribution in [1.82, 2.24) is 5.32 Å². The number of nitrogens with one attached hydrogen (secondary N) is 2. The number of rotatable bonds is 6.